The molecule has 4 aromatic rings. The molecule has 0 radical (unpaired) electrons. The minimum Gasteiger partial charge on any atom is -0.479 e. The number of amides is 1. The zero-order valence-corrected chi connectivity index (χ0v) is 18.2. The second kappa shape index (κ2) is 8.47. The van der Waals surface area contributed by atoms with Gasteiger partial charge in [0.25, 0.3) is 6.43 Å². The predicted molar refractivity (Wildman–Crippen MR) is 117 cm³/mol. The molecule has 3 aromatic heterocycles. The van der Waals surface area contributed by atoms with Gasteiger partial charge in [0, 0.05) is 25.2 Å². The van der Waals surface area contributed by atoms with E-state index < -0.39 is 25.2 Å². The van der Waals surface area contributed by atoms with E-state index in [4.69, 9.17) is 6.11 Å². The fourth-order valence-electron chi connectivity index (χ4n) is 4.07. The van der Waals surface area contributed by atoms with Crippen molar-refractivity contribution in [2.45, 2.75) is 32.1 Å². The highest BCUT2D eigenvalue weighted by molar-refractivity contribution is 5.89. The van der Waals surface area contributed by atoms with Crippen LogP contribution in [-0.4, -0.2) is 79.2 Å². The summed E-state index contributed by atoms with van der Waals surface area (Å²) in [5, 5.41) is 14.9. The average molecular weight is 475 g/mol. The van der Waals surface area contributed by atoms with Crippen molar-refractivity contribution in [2.24, 2.45) is 0 Å². The molecule has 1 saturated heterocycles. The average Bonchev–Trinajstić information content (AvgIpc) is 3.49. The lowest BCUT2D eigenvalue weighted by Crippen LogP contribution is -2.32. The number of ether oxygens (including phenoxy) is 1. The van der Waals surface area contributed by atoms with Crippen LogP contribution >= 0.6 is 0 Å². The van der Waals surface area contributed by atoms with E-state index in [9.17, 15) is 18.0 Å². The van der Waals surface area contributed by atoms with Crippen LogP contribution in [0.25, 0.3) is 27.7 Å². The Morgan fingerprint density at radius 2 is 2.18 bits per heavy atom. The Balaban J connectivity index is 1.54. The standard InChI is InChI=1S/C21H21F3N8O2/c1-11(33)30-8-14(22)16(9-30)25-21-26-20(34-2)19-13(5-6-31(19)28-21)12-3-4-15-17(7-12)32(29-27-15)10-18(23)24/h3-7,14,16,18H,8-10H2,1-2H3,(H,25,28)/t14-,16+/m0/s1/i6D. The summed E-state index contributed by atoms with van der Waals surface area (Å²) in [5.41, 5.74) is 2.39. The van der Waals surface area contributed by atoms with Crippen LogP contribution < -0.4 is 10.1 Å². The molecule has 0 unspecified atom stereocenters. The van der Waals surface area contributed by atoms with Gasteiger partial charge in [0.05, 0.1) is 26.6 Å². The second-order valence-electron chi connectivity index (χ2n) is 7.95. The number of methoxy groups -OCH3 is 1. The van der Waals surface area contributed by atoms with Crippen LogP contribution in [0.15, 0.2) is 30.4 Å². The quantitative estimate of drug-likeness (QED) is 0.457. The number of hydrogen-bond donors (Lipinski definition) is 1. The van der Waals surface area contributed by atoms with Gasteiger partial charge in [-0.2, -0.15) is 4.98 Å². The summed E-state index contributed by atoms with van der Waals surface area (Å²) in [6.07, 6.45) is -3.89. The molecule has 34 heavy (non-hydrogen) atoms. The molecule has 1 N–H and O–H groups in total. The highest BCUT2D eigenvalue weighted by Gasteiger charge is 2.35. The Labute approximate surface area is 192 Å². The number of fused-ring (bicyclic) bond motifs is 2. The molecule has 1 amide bonds. The van der Waals surface area contributed by atoms with Crippen molar-refractivity contribution in [1.29, 1.82) is 0 Å². The van der Waals surface area contributed by atoms with Crippen LogP contribution in [0.4, 0.5) is 19.1 Å². The summed E-state index contributed by atoms with van der Waals surface area (Å²) in [6.45, 7) is 0.913. The van der Waals surface area contributed by atoms with E-state index in [0.29, 0.717) is 27.7 Å². The lowest BCUT2D eigenvalue weighted by atomic mass is 10.1. The molecule has 0 spiro atoms. The van der Waals surface area contributed by atoms with Crippen LogP contribution in [0.5, 0.6) is 5.88 Å². The summed E-state index contributed by atoms with van der Waals surface area (Å²) >= 11 is 0. The van der Waals surface area contributed by atoms with Crippen LogP contribution in [0, 0.1) is 0 Å². The first-order chi connectivity index (χ1) is 16.7. The number of carbonyl (C=O) groups is 1. The van der Waals surface area contributed by atoms with Crippen molar-refractivity contribution >= 4 is 28.4 Å². The highest BCUT2D eigenvalue weighted by Crippen LogP contribution is 2.33. The number of rotatable bonds is 6. The summed E-state index contributed by atoms with van der Waals surface area (Å²) in [5.74, 6) is -0.0543. The van der Waals surface area contributed by atoms with Crippen LogP contribution in [0.1, 0.15) is 8.29 Å². The van der Waals surface area contributed by atoms with Crippen molar-refractivity contribution in [3.8, 4) is 17.0 Å². The van der Waals surface area contributed by atoms with E-state index in [2.05, 4.69) is 25.7 Å². The molecule has 2 atom stereocenters. The van der Waals surface area contributed by atoms with Gasteiger partial charge in [-0.25, -0.2) is 22.4 Å². The first kappa shape index (κ1) is 20.7. The van der Waals surface area contributed by atoms with Gasteiger partial charge in [-0.15, -0.1) is 10.2 Å². The van der Waals surface area contributed by atoms with Gasteiger partial charge in [0.15, 0.2) is 0 Å². The van der Waals surface area contributed by atoms with Gasteiger partial charge >= 0.3 is 0 Å². The van der Waals surface area contributed by atoms with Gasteiger partial charge in [-0.3, -0.25) is 4.79 Å². The highest BCUT2D eigenvalue weighted by atomic mass is 19.3. The van der Waals surface area contributed by atoms with E-state index in [1.54, 1.807) is 24.3 Å². The first-order valence-corrected chi connectivity index (χ1v) is 10.5. The van der Waals surface area contributed by atoms with Gasteiger partial charge in [-0.1, -0.05) is 11.3 Å². The molecule has 0 aliphatic carbocycles. The number of likely N-dealkylation sites (tertiary alicyclic amines) is 1. The fourth-order valence-corrected chi connectivity index (χ4v) is 4.07. The number of nitrogens with one attached hydrogen (secondary N) is 1. The van der Waals surface area contributed by atoms with Gasteiger partial charge in [0.1, 0.15) is 23.7 Å². The van der Waals surface area contributed by atoms with E-state index in [0.717, 1.165) is 4.68 Å². The van der Waals surface area contributed by atoms with Crippen molar-refractivity contribution < 1.29 is 24.1 Å². The zero-order chi connectivity index (χ0) is 24.9. The number of aromatic nitrogens is 6. The van der Waals surface area contributed by atoms with Crippen LogP contribution in [-0.2, 0) is 11.3 Å². The minimum absolute atomic E-state index is 0.00615. The monoisotopic (exact) mass is 475 g/mol. The summed E-state index contributed by atoms with van der Waals surface area (Å²) < 4.78 is 56.6. The van der Waals surface area contributed by atoms with Crippen LogP contribution in [0.2, 0.25) is 0 Å². The van der Waals surface area contributed by atoms with Crippen molar-refractivity contribution in [3.05, 3.63) is 30.4 Å². The topological polar surface area (TPSA) is 102 Å². The lowest BCUT2D eigenvalue weighted by molar-refractivity contribution is -0.128. The van der Waals surface area contributed by atoms with E-state index in [1.807, 2.05) is 0 Å². The molecular weight excluding hydrogens is 453 g/mol. The fraction of sp³-hybridized carbons (Fsp3) is 0.381. The second-order valence-corrected chi connectivity index (χ2v) is 7.95. The number of benzene rings is 1. The van der Waals surface area contributed by atoms with Crippen LogP contribution in [0.3, 0.4) is 0 Å². The number of halogens is 3. The molecule has 13 heteroatoms. The molecule has 5 rings (SSSR count). The first-order valence-electron chi connectivity index (χ1n) is 11.0. The third-order valence-corrected chi connectivity index (χ3v) is 5.74. The van der Waals surface area contributed by atoms with E-state index >= 15 is 0 Å². The van der Waals surface area contributed by atoms with E-state index in [1.165, 1.54) is 23.4 Å². The Morgan fingerprint density at radius 1 is 1.35 bits per heavy atom. The molecule has 4 heterocycles. The maximum atomic E-state index is 14.5. The number of carbonyl (C=O) groups excluding carboxylic acids is 1. The predicted octanol–water partition coefficient (Wildman–Crippen LogP) is 2.40. The third-order valence-electron chi connectivity index (χ3n) is 5.74. The largest absolute Gasteiger partial charge is 0.479 e. The Kier molecular flexibility index (Phi) is 5.15. The molecule has 0 bridgehead atoms. The maximum absolute atomic E-state index is 14.5. The van der Waals surface area contributed by atoms with Gasteiger partial charge in [-0.05, 0) is 23.8 Å². The molecule has 10 nitrogen and oxygen atoms in total. The van der Waals surface area contributed by atoms with Gasteiger partial charge in [0.2, 0.25) is 17.7 Å². The number of anilines is 1. The zero-order valence-electron chi connectivity index (χ0n) is 19.2. The minimum atomic E-state index is -2.59. The lowest BCUT2D eigenvalue weighted by Gasteiger charge is -2.16. The van der Waals surface area contributed by atoms with Gasteiger partial charge < -0.3 is 15.0 Å². The molecule has 1 aromatic carbocycles. The molecule has 1 aliphatic rings. The Bertz CT molecular complexity index is 1420. The Morgan fingerprint density at radius 3 is 2.88 bits per heavy atom. The number of hydrogen-bond acceptors (Lipinski definition) is 7. The third kappa shape index (κ3) is 3.86. The normalized spacial score (nSPS) is 18.8. The molecule has 1 fully saturated rings. The maximum Gasteiger partial charge on any atom is 0.258 e. The van der Waals surface area contributed by atoms with E-state index in [-0.39, 0.29) is 37.0 Å². The smallest absolute Gasteiger partial charge is 0.258 e. The molecule has 0 saturated carbocycles. The Hall–Kier alpha value is -3.90. The van der Waals surface area contributed by atoms with Crippen molar-refractivity contribution in [2.75, 3.05) is 25.5 Å². The summed E-state index contributed by atoms with van der Waals surface area (Å²) in [6, 6.07) is 5.87. The summed E-state index contributed by atoms with van der Waals surface area (Å²) in [4.78, 5) is 17.3. The molecule has 178 valence electrons. The molecular formula is C21H21F3N8O2. The van der Waals surface area contributed by atoms with Crippen molar-refractivity contribution in [1.82, 2.24) is 34.5 Å². The number of nitrogens with zero attached hydrogens (tertiary/aromatic N) is 7. The number of alkyl halides is 3. The van der Waals surface area contributed by atoms with Crippen molar-refractivity contribution in [3.63, 3.8) is 0 Å². The summed E-state index contributed by atoms with van der Waals surface area (Å²) in [7, 11) is 1.41. The SMILES string of the molecule is [2H]c1cc(-c2ccc3nnn(CC(F)F)c3c2)c2c(OC)nc(N[C@@H]3CN(C(C)=O)C[C@@H]3F)nn12. The molecule has 1 aliphatic heterocycles.